The molecule has 0 saturated carbocycles. The van der Waals surface area contributed by atoms with Gasteiger partial charge in [-0.2, -0.15) is 4.39 Å². The molecule has 0 fully saturated rings. The molecule has 3 N–H and O–H groups in total. The first kappa shape index (κ1) is 14.6. The van der Waals surface area contributed by atoms with Gasteiger partial charge in [-0.15, -0.1) is 0 Å². The van der Waals surface area contributed by atoms with Crippen molar-refractivity contribution in [3.63, 3.8) is 0 Å². The van der Waals surface area contributed by atoms with E-state index in [1.165, 1.54) is 18.6 Å². The Bertz CT molecular complexity index is 685. The van der Waals surface area contributed by atoms with Crippen molar-refractivity contribution >= 4 is 17.3 Å². The molecule has 0 bridgehead atoms. The zero-order chi connectivity index (χ0) is 15.4. The number of rotatable bonds is 5. The van der Waals surface area contributed by atoms with Gasteiger partial charge in [0.1, 0.15) is 5.69 Å². The molecule has 0 atom stereocenters. The van der Waals surface area contributed by atoms with Gasteiger partial charge in [-0.25, -0.2) is 4.98 Å². The zero-order valence-electron chi connectivity index (χ0n) is 10.8. The number of nitrogens with zero attached hydrogens (tertiary/aromatic N) is 3. The van der Waals surface area contributed by atoms with Gasteiger partial charge in [-0.1, -0.05) is 0 Å². The van der Waals surface area contributed by atoms with E-state index in [2.05, 4.69) is 10.3 Å². The Morgan fingerprint density at radius 1 is 1.52 bits per heavy atom. The van der Waals surface area contributed by atoms with Crippen molar-refractivity contribution in [3.05, 3.63) is 52.3 Å². The first-order valence-electron chi connectivity index (χ1n) is 5.98. The molecule has 0 spiro atoms. The van der Waals surface area contributed by atoms with E-state index in [-0.39, 0.29) is 11.4 Å². The highest BCUT2D eigenvalue weighted by Gasteiger charge is 2.16. The fourth-order valence-electron chi connectivity index (χ4n) is 1.67. The van der Waals surface area contributed by atoms with Gasteiger partial charge in [0.25, 0.3) is 5.91 Å². The number of nitrogens with two attached hydrogens (primary N) is 1. The SMILES string of the molecule is NCCn1cnc(C(=O)Nc2ccc(F)c([N+](=O)[O-])c2)c1. The molecular formula is C12H12FN5O3. The van der Waals surface area contributed by atoms with Crippen LogP contribution >= 0.6 is 0 Å². The van der Waals surface area contributed by atoms with Crippen LogP contribution in [0, 0.1) is 15.9 Å². The number of hydrogen-bond acceptors (Lipinski definition) is 5. The summed E-state index contributed by atoms with van der Waals surface area (Å²) in [5, 5.41) is 13.0. The van der Waals surface area contributed by atoms with Crippen molar-refractivity contribution in [2.75, 3.05) is 11.9 Å². The van der Waals surface area contributed by atoms with Gasteiger partial charge >= 0.3 is 5.69 Å². The fourth-order valence-corrected chi connectivity index (χ4v) is 1.67. The monoisotopic (exact) mass is 293 g/mol. The third-order valence-electron chi connectivity index (χ3n) is 2.65. The Labute approximate surface area is 118 Å². The zero-order valence-corrected chi connectivity index (χ0v) is 10.8. The largest absolute Gasteiger partial charge is 0.335 e. The minimum Gasteiger partial charge on any atom is -0.335 e. The standard InChI is InChI=1S/C12H12FN5O3/c13-9-2-1-8(5-11(9)18(20)21)16-12(19)10-6-17(4-3-14)7-15-10/h1-2,5-7H,3-4,14H2,(H,16,19). The van der Waals surface area contributed by atoms with E-state index in [9.17, 15) is 19.3 Å². The highest BCUT2D eigenvalue weighted by atomic mass is 19.1. The molecule has 110 valence electrons. The molecular weight excluding hydrogens is 281 g/mol. The van der Waals surface area contributed by atoms with Crippen LogP contribution in [0.5, 0.6) is 0 Å². The molecule has 21 heavy (non-hydrogen) atoms. The molecule has 1 amide bonds. The Balaban J connectivity index is 2.15. The predicted molar refractivity (Wildman–Crippen MR) is 72.3 cm³/mol. The van der Waals surface area contributed by atoms with E-state index in [4.69, 9.17) is 5.73 Å². The predicted octanol–water partition coefficient (Wildman–Crippen LogP) is 1.14. The Kier molecular flexibility index (Phi) is 4.24. The van der Waals surface area contributed by atoms with E-state index in [0.29, 0.717) is 13.1 Å². The van der Waals surface area contributed by atoms with Crippen LogP contribution in [0.1, 0.15) is 10.5 Å². The number of benzene rings is 1. The maximum Gasteiger partial charge on any atom is 0.306 e. The third-order valence-corrected chi connectivity index (χ3v) is 2.65. The number of amides is 1. The average Bonchev–Trinajstić information content (AvgIpc) is 2.90. The number of nitro benzene ring substituents is 1. The lowest BCUT2D eigenvalue weighted by Gasteiger charge is -2.03. The number of hydrogen-bond donors (Lipinski definition) is 2. The second-order valence-electron chi connectivity index (χ2n) is 4.16. The van der Waals surface area contributed by atoms with E-state index < -0.39 is 22.3 Å². The summed E-state index contributed by atoms with van der Waals surface area (Å²) < 4.78 is 14.8. The maximum atomic E-state index is 13.2. The summed E-state index contributed by atoms with van der Waals surface area (Å²) in [6, 6.07) is 3.10. The molecule has 0 unspecified atom stereocenters. The maximum absolute atomic E-state index is 13.2. The van der Waals surface area contributed by atoms with Gasteiger partial charge in [0, 0.05) is 31.0 Å². The lowest BCUT2D eigenvalue weighted by molar-refractivity contribution is -0.387. The van der Waals surface area contributed by atoms with Crippen LogP contribution in [-0.2, 0) is 6.54 Å². The average molecular weight is 293 g/mol. The van der Waals surface area contributed by atoms with Crippen LogP contribution in [0.4, 0.5) is 15.8 Å². The van der Waals surface area contributed by atoms with Crippen molar-refractivity contribution < 1.29 is 14.1 Å². The first-order chi connectivity index (χ1) is 10.0. The summed E-state index contributed by atoms with van der Waals surface area (Å²) in [4.78, 5) is 25.6. The first-order valence-corrected chi connectivity index (χ1v) is 5.98. The lowest BCUT2D eigenvalue weighted by Crippen LogP contribution is -2.13. The topological polar surface area (TPSA) is 116 Å². The second-order valence-corrected chi connectivity index (χ2v) is 4.16. The third kappa shape index (κ3) is 3.39. The molecule has 1 aromatic heterocycles. The van der Waals surface area contributed by atoms with Crippen molar-refractivity contribution in [1.82, 2.24) is 9.55 Å². The van der Waals surface area contributed by atoms with Crippen molar-refractivity contribution in [3.8, 4) is 0 Å². The smallest absolute Gasteiger partial charge is 0.306 e. The highest BCUT2D eigenvalue weighted by molar-refractivity contribution is 6.02. The molecule has 0 radical (unpaired) electrons. The minimum absolute atomic E-state index is 0.112. The number of nitrogens with one attached hydrogen (secondary N) is 1. The summed E-state index contributed by atoms with van der Waals surface area (Å²) in [6.07, 6.45) is 2.95. The number of carbonyl (C=O) groups excluding carboxylic acids is 1. The summed E-state index contributed by atoms with van der Waals surface area (Å²) in [5.41, 5.74) is 4.92. The lowest BCUT2D eigenvalue weighted by atomic mass is 10.2. The van der Waals surface area contributed by atoms with Crippen LogP contribution in [-0.4, -0.2) is 26.9 Å². The molecule has 0 aliphatic rings. The number of halogens is 1. The quantitative estimate of drug-likeness (QED) is 0.633. The molecule has 0 saturated heterocycles. The van der Waals surface area contributed by atoms with E-state index in [1.807, 2.05) is 0 Å². The number of aromatic nitrogens is 2. The van der Waals surface area contributed by atoms with Crippen molar-refractivity contribution in [2.24, 2.45) is 5.73 Å². The Morgan fingerprint density at radius 3 is 2.95 bits per heavy atom. The summed E-state index contributed by atoms with van der Waals surface area (Å²) in [7, 11) is 0. The molecule has 2 aromatic rings. The molecule has 0 aliphatic heterocycles. The molecule has 1 aromatic carbocycles. The number of nitro groups is 1. The van der Waals surface area contributed by atoms with Crippen LogP contribution in [0.25, 0.3) is 0 Å². The normalized spacial score (nSPS) is 10.4. The van der Waals surface area contributed by atoms with Crippen molar-refractivity contribution in [1.29, 1.82) is 0 Å². The van der Waals surface area contributed by atoms with Gasteiger partial charge in [0.2, 0.25) is 5.82 Å². The molecule has 0 aliphatic carbocycles. The van der Waals surface area contributed by atoms with Crippen LogP contribution < -0.4 is 11.1 Å². The number of carbonyl (C=O) groups is 1. The number of imidazole rings is 1. The Hall–Kier alpha value is -2.81. The summed E-state index contributed by atoms with van der Waals surface area (Å²) in [6.45, 7) is 0.921. The van der Waals surface area contributed by atoms with Gasteiger partial charge in [0.15, 0.2) is 0 Å². The van der Waals surface area contributed by atoms with Gasteiger partial charge in [-0.05, 0) is 12.1 Å². The number of anilines is 1. The highest BCUT2D eigenvalue weighted by Crippen LogP contribution is 2.21. The molecule has 8 nitrogen and oxygen atoms in total. The minimum atomic E-state index is -0.967. The fraction of sp³-hybridized carbons (Fsp3) is 0.167. The van der Waals surface area contributed by atoms with Crippen LogP contribution in [0.15, 0.2) is 30.7 Å². The Morgan fingerprint density at radius 2 is 2.29 bits per heavy atom. The van der Waals surface area contributed by atoms with Gasteiger partial charge in [-0.3, -0.25) is 14.9 Å². The summed E-state index contributed by atoms with van der Waals surface area (Å²) >= 11 is 0. The molecule has 1 heterocycles. The van der Waals surface area contributed by atoms with Crippen LogP contribution in [0.3, 0.4) is 0 Å². The van der Waals surface area contributed by atoms with Crippen LogP contribution in [0.2, 0.25) is 0 Å². The van der Waals surface area contributed by atoms with Crippen molar-refractivity contribution in [2.45, 2.75) is 6.54 Å². The molecule has 9 heteroatoms. The van der Waals surface area contributed by atoms with Gasteiger partial charge < -0.3 is 15.6 Å². The van der Waals surface area contributed by atoms with E-state index in [0.717, 1.165) is 12.1 Å². The van der Waals surface area contributed by atoms with Gasteiger partial charge in [0.05, 0.1) is 11.3 Å². The summed E-state index contributed by atoms with van der Waals surface area (Å²) in [5.74, 6) is -1.52. The van der Waals surface area contributed by atoms with E-state index >= 15 is 0 Å². The molecule has 2 rings (SSSR count). The second kappa shape index (κ2) is 6.09. The van der Waals surface area contributed by atoms with E-state index in [1.54, 1.807) is 4.57 Å².